The van der Waals surface area contributed by atoms with E-state index in [1.165, 1.54) is 9.87 Å². The van der Waals surface area contributed by atoms with Crippen LogP contribution in [-0.2, 0) is 27.8 Å². The molecule has 0 bridgehead atoms. The number of carbonyl (C=O) groups excluding carboxylic acids is 1. The Bertz CT molecular complexity index is 865. The van der Waals surface area contributed by atoms with Crippen LogP contribution in [-0.4, -0.2) is 38.1 Å². The van der Waals surface area contributed by atoms with Gasteiger partial charge < -0.3 is 4.90 Å². The van der Waals surface area contributed by atoms with Crippen LogP contribution in [0.15, 0.2) is 54.6 Å². The Morgan fingerprint density at radius 3 is 2.28 bits per heavy atom. The van der Waals surface area contributed by atoms with Crippen molar-refractivity contribution in [3.8, 4) is 0 Å². The lowest BCUT2D eigenvalue weighted by atomic mass is 9.99. The second kappa shape index (κ2) is 6.88. The lowest BCUT2D eigenvalue weighted by molar-refractivity contribution is -0.132. The topological polar surface area (TPSA) is 57.7 Å². The Kier molecular flexibility index (Phi) is 4.81. The highest BCUT2D eigenvalue weighted by Crippen LogP contribution is 2.24. The zero-order valence-electron chi connectivity index (χ0n) is 14.4. The fraction of sp³-hybridized carbons (Fsp3) is 0.316. The highest BCUT2D eigenvalue weighted by molar-refractivity contribution is 7.92. The van der Waals surface area contributed by atoms with Gasteiger partial charge in [0, 0.05) is 13.1 Å². The summed E-state index contributed by atoms with van der Waals surface area (Å²) in [6.07, 6.45) is 1.92. The largest absolute Gasteiger partial charge is 0.336 e. The number of nitrogens with zero attached hydrogens (tertiary/aromatic N) is 2. The van der Waals surface area contributed by atoms with Gasteiger partial charge in [0.25, 0.3) is 0 Å². The molecule has 0 aromatic heterocycles. The number of hydrogen-bond donors (Lipinski definition) is 0. The van der Waals surface area contributed by atoms with E-state index >= 15 is 0 Å². The smallest absolute Gasteiger partial charge is 0.246 e. The van der Waals surface area contributed by atoms with Crippen LogP contribution in [0.1, 0.15) is 18.1 Å². The fourth-order valence-electron chi connectivity index (χ4n) is 3.33. The molecule has 0 radical (unpaired) electrons. The standard InChI is InChI=1S/C19H22N2O3S/c1-15(21(25(2,23)24)18-10-4-3-5-11-18)19(22)20-13-12-16-8-6-7-9-17(16)14-20/h3-11,15H,12-14H2,1-2H3/t15-/m1/s1. The van der Waals surface area contributed by atoms with Gasteiger partial charge in [-0.25, -0.2) is 8.42 Å². The van der Waals surface area contributed by atoms with E-state index in [2.05, 4.69) is 6.07 Å². The van der Waals surface area contributed by atoms with Crippen LogP contribution in [0.2, 0.25) is 0 Å². The molecular formula is C19H22N2O3S. The lowest BCUT2D eigenvalue weighted by Gasteiger charge is -2.35. The van der Waals surface area contributed by atoms with Crippen molar-refractivity contribution < 1.29 is 13.2 Å². The molecule has 1 aliphatic rings. The van der Waals surface area contributed by atoms with Crippen LogP contribution >= 0.6 is 0 Å². The maximum Gasteiger partial charge on any atom is 0.246 e. The minimum atomic E-state index is -3.58. The summed E-state index contributed by atoms with van der Waals surface area (Å²) >= 11 is 0. The second-order valence-corrected chi connectivity index (χ2v) is 8.21. The summed E-state index contributed by atoms with van der Waals surface area (Å²) in [6.45, 7) is 2.77. The molecule has 3 rings (SSSR count). The summed E-state index contributed by atoms with van der Waals surface area (Å²) in [5, 5.41) is 0. The third kappa shape index (κ3) is 3.69. The minimum Gasteiger partial charge on any atom is -0.336 e. The summed E-state index contributed by atoms with van der Waals surface area (Å²) in [5.74, 6) is -0.177. The number of para-hydroxylation sites is 1. The van der Waals surface area contributed by atoms with Crippen molar-refractivity contribution in [1.29, 1.82) is 0 Å². The summed E-state index contributed by atoms with van der Waals surface area (Å²) in [5.41, 5.74) is 2.88. The average Bonchev–Trinajstić information content (AvgIpc) is 2.60. The number of sulfonamides is 1. The van der Waals surface area contributed by atoms with Crippen LogP contribution in [0.4, 0.5) is 5.69 Å². The van der Waals surface area contributed by atoms with Crippen LogP contribution in [0, 0.1) is 0 Å². The van der Waals surface area contributed by atoms with E-state index in [1.807, 2.05) is 24.3 Å². The SMILES string of the molecule is C[C@H](C(=O)N1CCc2ccccc2C1)N(c1ccccc1)S(C)(=O)=O. The van der Waals surface area contributed by atoms with Crippen LogP contribution in [0.3, 0.4) is 0 Å². The number of hydrogen-bond acceptors (Lipinski definition) is 3. The van der Waals surface area contributed by atoms with E-state index in [0.717, 1.165) is 18.2 Å². The molecule has 1 heterocycles. The van der Waals surface area contributed by atoms with E-state index in [-0.39, 0.29) is 5.91 Å². The molecule has 0 fully saturated rings. The van der Waals surface area contributed by atoms with Gasteiger partial charge in [0.2, 0.25) is 15.9 Å². The predicted molar refractivity (Wildman–Crippen MR) is 98.8 cm³/mol. The Hall–Kier alpha value is -2.34. The maximum atomic E-state index is 13.0. The molecule has 6 heteroatoms. The van der Waals surface area contributed by atoms with Crippen molar-refractivity contribution in [2.45, 2.75) is 25.9 Å². The van der Waals surface area contributed by atoms with Crippen molar-refractivity contribution in [2.75, 3.05) is 17.1 Å². The van der Waals surface area contributed by atoms with Gasteiger partial charge in [-0.15, -0.1) is 0 Å². The third-order valence-electron chi connectivity index (χ3n) is 4.52. The van der Waals surface area contributed by atoms with E-state index in [1.54, 1.807) is 36.1 Å². The van der Waals surface area contributed by atoms with Crippen LogP contribution in [0.5, 0.6) is 0 Å². The molecular weight excluding hydrogens is 336 g/mol. The number of benzene rings is 2. The van der Waals surface area contributed by atoms with Gasteiger partial charge in [-0.1, -0.05) is 42.5 Å². The summed E-state index contributed by atoms with van der Waals surface area (Å²) in [4.78, 5) is 14.7. The fourth-order valence-corrected chi connectivity index (χ4v) is 4.49. The second-order valence-electron chi connectivity index (χ2n) is 6.35. The number of fused-ring (bicyclic) bond motifs is 1. The minimum absolute atomic E-state index is 0.177. The molecule has 5 nitrogen and oxygen atoms in total. The predicted octanol–water partition coefficient (Wildman–Crippen LogP) is 2.43. The number of rotatable bonds is 4. The third-order valence-corrected chi connectivity index (χ3v) is 5.76. The molecule has 0 unspecified atom stereocenters. The summed E-state index contributed by atoms with van der Waals surface area (Å²) in [7, 11) is -3.58. The van der Waals surface area contributed by atoms with Gasteiger partial charge in [0.1, 0.15) is 6.04 Å². The average molecular weight is 358 g/mol. The molecule has 1 amide bonds. The van der Waals surface area contributed by atoms with Gasteiger partial charge >= 0.3 is 0 Å². The normalized spacial score (nSPS) is 15.4. The molecule has 0 spiro atoms. The van der Waals surface area contributed by atoms with E-state index in [0.29, 0.717) is 18.8 Å². The molecule has 25 heavy (non-hydrogen) atoms. The van der Waals surface area contributed by atoms with Gasteiger partial charge in [0.05, 0.1) is 11.9 Å². The molecule has 0 saturated heterocycles. The molecule has 2 aromatic carbocycles. The van der Waals surface area contributed by atoms with Gasteiger partial charge in [0.15, 0.2) is 0 Å². The first-order chi connectivity index (χ1) is 11.9. The van der Waals surface area contributed by atoms with Gasteiger partial charge in [-0.05, 0) is 36.6 Å². The molecule has 132 valence electrons. The molecule has 0 N–H and O–H groups in total. The Morgan fingerprint density at radius 1 is 1.04 bits per heavy atom. The molecule has 1 aliphatic heterocycles. The maximum absolute atomic E-state index is 13.0. The first-order valence-electron chi connectivity index (χ1n) is 8.28. The van der Waals surface area contributed by atoms with Gasteiger partial charge in [-0.2, -0.15) is 0 Å². The molecule has 0 saturated carbocycles. The first-order valence-corrected chi connectivity index (χ1v) is 10.1. The lowest BCUT2D eigenvalue weighted by Crippen LogP contribution is -2.50. The monoisotopic (exact) mass is 358 g/mol. The van der Waals surface area contributed by atoms with Crippen molar-refractivity contribution in [3.05, 3.63) is 65.7 Å². The first kappa shape index (κ1) is 17.5. The Morgan fingerprint density at radius 2 is 1.64 bits per heavy atom. The molecule has 2 aromatic rings. The van der Waals surface area contributed by atoms with Gasteiger partial charge in [-0.3, -0.25) is 9.10 Å². The zero-order valence-corrected chi connectivity index (χ0v) is 15.2. The van der Waals surface area contributed by atoms with Crippen molar-refractivity contribution in [2.24, 2.45) is 0 Å². The molecule has 0 aliphatic carbocycles. The van der Waals surface area contributed by atoms with Crippen LogP contribution in [0.25, 0.3) is 0 Å². The van der Waals surface area contributed by atoms with E-state index in [4.69, 9.17) is 0 Å². The summed E-state index contributed by atoms with van der Waals surface area (Å²) < 4.78 is 25.8. The van der Waals surface area contributed by atoms with Crippen molar-refractivity contribution in [1.82, 2.24) is 4.90 Å². The Balaban J connectivity index is 1.86. The Labute approximate surface area is 148 Å². The highest BCUT2D eigenvalue weighted by atomic mass is 32.2. The quantitative estimate of drug-likeness (QED) is 0.843. The van der Waals surface area contributed by atoms with Crippen LogP contribution < -0.4 is 4.31 Å². The van der Waals surface area contributed by atoms with Crippen molar-refractivity contribution in [3.63, 3.8) is 0 Å². The van der Waals surface area contributed by atoms with Crippen molar-refractivity contribution >= 4 is 21.6 Å². The number of anilines is 1. The number of amides is 1. The zero-order chi connectivity index (χ0) is 18.0. The van der Waals surface area contributed by atoms with E-state index in [9.17, 15) is 13.2 Å². The van der Waals surface area contributed by atoms with E-state index < -0.39 is 16.1 Å². The summed E-state index contributed by atoms with van der Waals surface area (Å²) in [6, 6.07) is 16.0. The number of carbonyl (C=O) groups is 1. The molecule has 1 atom stereocenters. The highest BCUT2D eigenvalue weighted by Gasteiger charge is 2.33.